The average Bonchev–Trinajstić information content (AvgIpc) is 3.12. The number of benzene rings is 1. The molecule has 0 saturated carbocycles. The number of hydrogen-bond acceptors (Lipinski definition) is 4. The molecular weight excluding hydrogens is 308 g/mol. The van der Waals surface area contributed by atoms with Crippen LogP contribution in [0.5, 0.6) is 0 Å². The normalized spacial score (nSPS) is 25.0. The van der Waals surface area contributed by atoms with Gasteiger partial charge in [0.25, 0.3) is 0 Å². The second-order valence-electron chi connectivity index (χ2n) is 6.62. The summed E-state index contributed by atoms with van der Waals surface area (Å²) in [6.07, 6.45) is 4.09. The SMILES string of the molecule is COCCN1CCC2(CCN(Cc3ccc(SC)cc3)C2)C1=O. The van der Waals surface area contributed by atoms with Gasteiger partial charge in [0.05, 0.1) is 12.0 Å². The molecule has 2 heterocycles. The van der Waals surface area contributed by atoms with E-state index in [9.17, 15) is 4.79 Å². The van der Waals surface area contributed by atoms with Crippen LogP contribution < -0.4 is 0 Å². The van der Waals surface area contributed by atoms with Crippen molar-refractivity contribution < 1.29 is 9.53 Å². The lowest BCUT2D eigenvalue weighted by atomic mass is 9.85. The highest BCUT2D eigenvalue weighted by molar-refractivity contribution is 7.98. The van der Waals surface area contributed by atoms with Gasteiger partial charge in [0, 0.05) is 38.2 Å². The molecule has 1 aromatic carbocycles. The molecular formula is C18H26N2O2S. The van der Waals surface area contributed by atoms with Gasteiger partial charge in [-0.05, 0) is 43.3 Å². The van der Waals surface area contributed by atoms with Gasteiger partial charge < -0.3 is 9.64 Å². The molecule has 1 aromatic rings. The van der Waals surface area contributed by atoms with Crippen LogP contribution in [-0.2, 0) is 16.1 Å². The van der Waals surface area contributed by atoms with Crippen molar-refractivity contribution in [2.75, 3.05) is 46.2 Å². The van der Waals surface area contributed by atoms with Gasteiger partial charge in [-0.3, -0.25) is 9.69 Å². The summed E-state index contributed by atoms with van der Waals surface area (Å²) in [6, 6.07) is 8.77. The Bertz CT molecular complexity index is 548. The van der Waals surface area contributed by atoms with Crippen molar-refractivity contribution in [3.63, 3.8) is 0 Å². The second-order valence-corrected chi connectivity index (χ2v) is 7.50. The maximum absolute atomic E-state index is 12.8. The fraction of sp³-hybridized carbons (Fsp3) is 0.611. The lowest BCUT2D eigenvalue weighted by molar-refractivity contribution is -0.136. The molecule has 0 bridgehead atoms. The average molecular weight is 334 g/mol. The van der Waals surface area contributed by atoms with Crippen molar-refractivity contribution in [1.29, 1.82) is 0 Å². The minimum absolute atomic E-state index is 0.132. The lowest BCUT2D eigenvalue weighted by Gasteiger charge is -2.23. The van der Waals surface area contributed by atoms with E-state index in [0.717, 1.165) is 45.6 Å². The number of thioether (sulfide) groups is 1. The fourth-order valence-corrected chi connectivity index (χ4v) is 4.18. The summed E-state index contributed by atoms with van der Waals surface area (Å²) in [4.78, 5) is 18.5. The third-order valence-electron chi connectivity index (χ3n) is 5.16. The monoisotopic (exact) mass is 334 g/mol. The molecule has 2 saturated heterocycles. The number of rotatable bonds is 6. The summed E-state index contributed by atoms with van der Waals surface area (Å²) in [5.41, 5.74) is 1.20. The van der Waals surface area contributed by atoms with Crippen molar-refractivity contribution in [2.24, 2.45) is 5.41 Å². The molecule has 2 fully saturated rings. The number of amides is 1. The van der Waals surface area contributed by atoms with Gasteiger partial charge in [-0.2, -0.15) is 0 Å². The van der Waals surface area contributed by atoms with Crippen molar-refractivity contribution in [3.05, 3.63) is 29.8 Å². The predicted molar refractivity (Wildman–Crippen MR) is 93.6 cm³/mol. The van der Waals surface area contributed by atoms with Crippen molar-refractivity contribution in [2.45, 2.75) is 24.3 Å². The summed E-state index contributed by atoms with van der Waals surface area (Å²) < 4.78 is 5.12. The standard InChI is InChI=1S/C18H26N2O2S/c1-22-12-11-20-10-8-18(17(20)21)7-9-19(14-18)13-15-3-5-16(23-2)6-4-15/h3-6H,7-14H2,1-2H3. The zero-order chi connectivity index (χ0) is 16.3. The molecule has 4 nitrogen and oxygen atoms in total. The minimum Gasteiger partial charge on any atom is -0.383 e. The number of hydrogen-bond donors (Lipinski definition) is 0. The van der Waals surface area contributed by atoms with Crippen LogP contribution in [-0.4, -0.2) is 61.9 Å². The first-order chi connectivity index (χ1) is 11.2. The van der Waals surface area contributed by atoms with E-state index in [1.54, 1.807) is 18.9 Å². The van der Waals surface area contributed by atoms with Crippen LogP contribution in [0, 0.1) is 5.41 Å². The molecule has 0 aliphatic carbocycles. The quantitative estimate of drug-likeness (QED) is 0.748. The highest BCUT2D eigenvalue weighted by Crippen LogP contribution is 2.41. The molecule has 5 heteroatoms. The van der Waals surface area contributed by atoms with Crippen molar-refractivity contribution in [1.82, 2.24) is 9.80 Å². The van der Waals surface area contributed by atoms with Gasteiger partial charge in [0.15, 0.2) is 0 Å². The molecule has 0 N–H and O–H groups in total. The molecule has 2 aliphatic rings. The number of carbonyl (C=O) groups is 1. The third kappa shape index (κ3) is 3.57. The van der Waals surface area contributed by atoms with E-state index in [0.29, 0.717) is 12.5 Å². The first-order valence-corrected chi connectivity index (χ1v) is 9.53. The van der Waals surface area contributed by atoms with Crippen LogP contribution in [0.4, 0.5) is 0 Å². The summed E-state index contributed by atoms with van der Waals surface area (Å²) >= 11 is 1.77. The van der Waals surface area contributed by atoms with Gasteiger partial charge in [0.2, 0.25) is 5.91 Å². The van der Waals surface area contributed by atoms with Crippen LogP contribution in [0.15, 0.2) is 29.2 Å². The topological polar surface area (TPSA) is 32.8 Å². The molecule has 126 valence electrons. The van der Waals surface area contributed by atoms with Crippen LogP contribution in [0.2, 0.25) is 0 Å². The molecule has 2 aliphatic heterocycles. The van der Waals surface area contributed by atoms with Gasteiger partial charge in [0.1, 0.15) is 0 Å². The molecule has 3 rings (SSSR count). The zero-order valence-corrected chi connectivity index (χ0v) is 14.9. The van der Waals surface area contributed by atoms with E-state index in [1.165, 1.54) is 10.5 Å². The first-order valence-electron chi connectivity index (χ1n) is 8.30. The number of likely N-dealkylation sites (tertiary alicyclic amines) is 2. The third-order valence-corrected chi connectivity index (χ3v) is 5.91. The van der Waals surface area contributed by atoms with Gasteiger partial charge in [-0.25, -0.2) is 0 Å². The minimum atomic E-state index is -0.132. The number of carbonyl (C=O) groups excluding carboxylic acids is 1. The fourth-order valence-electron chi connectivity index (χ4n) is 3.77. The van der Waals surface area contributed by atoms with Crippen molar-refractivity contribution in [3.8, 4) is 0 Å². The van der Waals surface area contributed by atoms with E-state index < -0.39 is 0 Å². The first kappa shape index (κ1) is 16.8. The van der Waals surface area contributed by atoms with E-state index in [4.69, 9.17) is 4.74 Å². The molecule has 1 spiro atoms. The highest BCUT2D eigenvalue weighted by atomic mass is 32.2. The summed E-state index contributed by atoms with van der Waals surface area (Å²) in [6.45, 7) is 5.12. The Morgan fingerprint density at radius 1 is 1.22 bits per heavy atom. The Labute approximate surface area is 143 Å². The van der Waals surface area contributed by atoms with E-state index >= 15 is 0 Å². The Morgan fingerprint density at radius 2 is 1.96 bits per heavy atom. The van der Waals surface area contributed by atoms with Gasteiger partial charge >= 0.3 is 0 Å². The second kappa shape index (κ2) is 7.24. The summed E-state index contributed by atoms with van der Waals surface area (Å²) in [5.74, 6) is 0.342. The number of nitrogens with zero attached hydrogens (tertiary/aromatic N) is 2. The van der Waals surface area contributed by atoms with Gasteiger partial charge in [-0.15, -0.1) is 11.8 Å². The number of methoxy groups -OCH3 is 1. The smallest absolute Gasteiger partial charge is 0.230 e. The van der Waals surface area contributed by atoms with Crippen LogP contribution >= 0.6 is 11.8 Å². The van der Waals surface area contributed by atoms with Crippen molar-refractivity contribution >= 4 is 17.7 Å². The highest BCUT2D eigenvalue weighted by Gasteiger charge is 2.50. The Balaban J connectivity index is 1.58. The summed E-state index contributed by atoms with van der Waals surface area (Å²) in [5, 5.41) is 0. The van der Waals surface area contributed by atoms with E-state index in [2.05, 4.69) is 35.4 Å². The Kier molecular flexibility index (Phi) is 5.29. The van der Waals surface area contributed by atoms with Crippen LogP contribution in [0.25, 0.3) is 0 Å². The Hall–Kier alpha value is -1.04. The lowest BCUT2D eigenvalue weighted by Crippen LogP contribution is -2.38. The maximum Gasteiger partial charge on any atom is 0.230 e. The molecule has 0 aromatic heterocycles. The van der Waals surface area contributed by atoms with Gasteiger partial charge in [-0.1, -0.05) is 12.1 Å². The van der Waals surface area contributed by atoms with E-state index in [-0.39, 0.29) is 5.41 Å². The Morgan fingerprint density at radius 3 is 2.65 bits per heavy atom. The predicted octanol–water partition coefficient (Wildman–Crippen LogP) is 2.48. The zero-order valence-electron chi connectivity index (χ0n) is 14.1. The molecule has 1 amide bonds. The van der Waals surface area contributed by atoms with Crippen LogP contribution in [0.1, 0.15) is 18.4 Å². The number of ether oxygens (including phenoxy) is 1. The maximum atomic E-state index is 12.8. The molecule has 1 atom stereocenters. The molecule has 23 heavy (non-hydrogen) atoms. The van der Waals surface area contributed by atoms with E-state index in [1.807, 2.05) is 4.90 Å². The molecule has 1 unspecified atom stereocenters. The molecule has 0 radical (unpaired) electrons. The van der Waals surface area contributed by atoms with Crippen LogP contribution in [0.3, 0.4) is 0 Å². The largest absolute Gasteiger partial charge is 0.383 e. The summed E-state index contributed by atoms with van der Waals surface area (Å²) in [7, 11) is 1.69.